The first kappa shape index (κ1) is 21.2. The Morgan fingerprint density at radius 2 is 1.97 bits per heavy atom. The van der Waals surface area contributed by atoms with Gasteiger partial charge in [-0.15, -0.1) is 0 Å². The minimum Gasteiger partial charge on any atom is -0.467 e. The molecular weight excluding hydrogens is 427 g/mol. The number of carbonyl (C=O) groups excluding carboxylic acids is 2. The van der Waals surface area contributed by atoms with E-state index in [2.05, 4.69) is 0 Å². The molecule has 160 valence electrons. The van der Waals surface area contributed by atoms with E-state index in [-0.39, 0.29) is 35.5 Å². The summed E-state index contributed by atoms with van der Waals surface area (Å²) in [5.41, 5.74) is 0.359. The summed E-state index contributed by atoms with van der Waals surface area (Å²) in [4.78, 5) is 29.8. The fraction of sp³-hybridized carbons (Fsp3) is 0.455. The number of hydrogen-bond donors (Lipinski definition) is 0. The smallest absolute Gasteiger partial charge is 0.256 e. The van der Waals surface area contributed by atoms with Crippen LogP contribution in [0.5, 0.6) is 0 Å². The van der Waals surface area contributed by atoms with Gasteiger partial charge in [-0.1, -0.05) is 23.2 Å². The van der Waals surface area contributed by atoms with Crippen molar-refractivity contribution in [2.45, 2.75) is 44.4 Å². The van der Waals surface area contributed by atoms with Crippen molar-refractivity contribution in [1.29, 1.82) is 0 Å². The number of amides is 2. The Bertz CT molecular complexity index is 893. The molecule has 1 aliphatic heterocycles. The van der Waals surface area contributed by atoms with Crippen molar-refractivity contribution in [3.05, 3.63) is 58.0 Å². The van der Waals surface area contributed by atoms with E-state index >= 15 is 0 Å². The summed E-state index contributed by atoms with van der Waals surface area (Å²) >= 11 is 12.2. The van der Waals surface area contributed by atoms with Gasteiger partial charge in [0.1, 0.15) is 12.3 Å². The van der Waals surface area contributed by atoms with Crippen LogP contribution in [0.15, 0.2) is 41.0 Å². The van der Waals surface area contributed by atoms with Gasteiger partial charge in [0, 0.05) is 24.2 Å². The Labute approximate surface area is 185 Å². The Morgan fingerprint density at radius 3 is 2.60 bits per heavy atom. The molecule has 2 aliphatic rings. The van der Waals surface area contributed by atoms with Gasteiger partial charge in [-0.05, 0) is 56.0 Å². The second-order valence-electron chi connectivity index (χ2n) is 7.78. The first-order chi connectivity index (χ1) is 14.5. The third-order valence-corrected chi connectivity index (χ3v) is 5.99. The predicted molar refractivity (Wildman–Crippen MR) is 114 cm³/mol. The highest BCUT2D eigenvalue weighted by atomic mass is 35.5. The van der Waals surface area contributed by atoms with Crippen molar-refractivity contribution in [3.8, 4) is 0 Å². The number of nitrogens with zero attached hydrogens (tertiary/aromatic N) is 2. The van der Waals surface area contributed by atoms with Gasteiger partial charge in [0.05, 0.1) is 29.5 Å². The van der Waals surface area contributed by atoms with E-state index in [1.165, 1.54) is 0 Å². The van der Waals surface area contributed by atoms with Gasteiger partial charge in [0.15, 0.2) is 0 Å². The minimum atomic E-state index is -0.248. The van der Waals surface area contributed by atoms with Crippen molar-refractivity contribution < 1.29 is 18.7 Å². The number of halogens is 2. The van der Waals surface area contributed by atoms with Gasteiger partial charge in [0.2, 0.25) is 5.91 Å². The normalized spacial score (nSPS) is 18.4. The number of ether oxygens (including phenoxy) is 1. The molecule has 2 heterocycles. The van der Waals surface area contributed by atoms with E-state index in [1.54, 1.807) is 40.3 Å². The van der Waals surface area contributed by atoms with Crippen LogP contribution in [0.4, 0.5) is 0 Å². The molecule has 1 saturated carbocycles. The molecule has 0 spiro atoms. The molecule has 2 aromatic rings. The molecule has 0 N–H and O–H groups in total. The summed E-state index contributed by atoms with van der Waals surface area (Å²) in [5, 5.41) is 0.754. The van der Waals surface area contributed by atoms with E-state index in [1.807, 2.05) is 6.07 Å². The number of carbonyl (C=O) groups is 2. The predicted octanol–water partition coefficient (Wildman–Crippen LogP) is 4.40. The van der Waals surface area contributed by atoms with Gasteiger partial charge in [-0.25, -0.2) is 0 Å². The topological polar surface area (TPSA) is 63.0 Å². The molecule has 1 aliphatic carbocycles. The molecule has 30 heavy (non-hydrogen) atoms. The molecule has 1 aromatic carbocycles. The lowest BCUT2D eigenvalue weighted by Crippen LogP contribution is -2.45. The number of benzene rings is 1. The zero-order valence-corrected chi connectivity index (χ0v) is 18.1. The monoisotopic (exact) mass is 450 g/mol. The van der Waals surface area contributed by atoms with Crippen molar-refractivity contribution in [2.24, 2.45) is 0 Å². The molecule has 1 saturated heterocycles. The third kappa shape index (κ3) is 5.17. The Morgan fingerprint density at radius 1 is 1.13 bits per heavy atom. The lowest BCUT2D eigenvalue weighted by Gasteiger charge is -2.29. The SMILES string of the molecule is O=C(CN(C(=O)c1ccc(Cl)cc1Cl)C1CC1)N(Cc1ccco1)CC1CCCO1. The summed E-state index contributed by atoms with van der Waals surface area (Å²) < 4.78 is 11.2. The quantitative estimate of drug-likeness (QED) is 0.597. The molecule has 1 atom stereocenters. The average molecular weight is 451 g/mol. The maximum absolute atomic E-state index is 13.3. The van der Waals surface area contributed by atoms with E-state index in [9.17, 15) is 9.59 Å². The summed E-state index contributed by atoms with van der Waals surface area (Å²) in [6.07, 6.45) is 5.29. The standard InChI is InChI=1S/C22H24Cl2N2O4/c23-15-5-8-19(20(24)11-15)22(28)26(16-6-7-16)14-21(27)25(12-17-3-1-9-29-17)13-18-4-2-10-30-18/h1,3,5,8-9,11,16,18H,2,4,6-7,10,12-14H2. The molecule has 6 nitrogen and oxygen atoms in total. The maximum atomic E-state index is 13.3. The second kappa shape index (κ2) is 9.41. The van der Waals surface area contributed by atoms with Crippen LogP contribution in [0.2, 0.25) is 10.0 Å². The summed E-state index contributed by atoms with van der Waals surface area (Å²) in [5.74, 6) is 0.321. The summed E-state index contributed by atoms with van der Waals surface area (Å²) in [6, 6.07) is 8.49. The highest BCUT2D eigenvalue weighted by molar-refractivity contribution is 6.36. The maximum Gasteiger partial charge on any atom is 0.256 e. The number of hydrogen-bond acceptors (Lipinski definition) is 4. The number of furan rings is 1. The van der Waals surface area contributed by atoms with Gasteiger partial charge < -0.3 is 19.0 Å². The molecule has 0 bridgehead atoms. The summed E-state index contributed by atoms with van der Waals surface area (Å²) in [6.45, 7) is 1.54. The first-order valence-electron chi connectivity index (χ1n) is 10.2. The second-order valence-corrected chi connectivity index (χ2v) is 8.62. The molecule has 1 aromatic heterocycles. The molecule has 0 radical (unpaired) electrons. The van der Waals surface area contributed by atoms with E-state index in [4.69, 9.17) is 32.4 Å². The molecule has 8 heteroatoms. The average Bonchev–Trinajstić information content (AvgIpc) is 3.18. The van der Waals surface area contributed by atoms with Crippen LogP contribution in [0.1, 0.15) is 41.8 Å². The van der Waals surface area contributed by atoms with Crippen LogP contribution in [0, 0.1) is 0 Å². The van der Waals surface area contributed by atoms with E-state index in [0.717, 1.165) is 32.3 Å². The van der Waals surface area contributed by atoms with Crippen LogP contribution in [0.25, 0.3) is 0 Å². The number of rotatable bonds is 8. The minimum absolute atomic E-state index is 0.00408. The largest absolute Gasteiger partial charge is 0.467 e. The van der Waals surface area contributed by atoms with Gasteiger partial charge >= 0.3 is 0 Å². The highest BCUT2D eigenvalue weighted by Crippen LogP contribution is 2.31. The van der Waals surface area contributed by atoms with Crippen molar-refractivity contribution in [1.82, 2.24) is 9.80 Å². The van der Waals surface area contributed by atoms with Gasteiger partial charge in [-0.3, -0.25) is 9.59 Å². The van der Waals surface area contributed by atoms with Crippen LogP contribution in [-0.2, 0) is 16.1 Å². The zero-order chi connectivity index (χ0) is 21.1. The van der Waals surface area contributed by atoms with Crippen LogP contribution in [-0.4, -0.2) is 53.5 Å². The van der Waals surface area contributed by atoms with E-state index < -0.39 is 0 Å². The molecular formula is C22H24Cl2N2O4. The Kier molecular flexibility index (Phi) is 6.66. The molecule has 4 rings (SSSR count). The zero-order valence-electron chi connectivity index (χ0n) is 16.6. The van der Waals surface area contributed by atoms with Crippen molar-refractivity contribution in [3.63, 3.8) is 0 Å². The molecule has 2 fully saturated rings. The van der Waals surface area contributed by atoms with E-state index in [0.29, 0.717) is 29.4 Å². The van der Waals surface area contributed by atoms with Crippen LogP contribution in [0.3, 0.4) is 0 Å². The van der Waals surface area contributed by atoms with Crippen molar-refractivity contribution >= 4 is 35.0 Å². The Balaban J connectivity index is 1.50. The Hall–Kier alpha value is -2.02. The first-order valence-corrected chi connectivity index (χ1v) is 10.9. The third-order valence-electron chi connectivity index (χ3n) is 5.44. The molecule has 2 amide bonds. The fourth-order valence-corrected chi connectivity index (χ4v) is 4.18. The van der Waals surface area contributed by atoms with Gasteiger partial charge in [0.25, 0.3) is 5.91 Å². The summed E-state index contributed by atoms with van der Waals surface area (Å²) in [7, 11) is 0. The van der Waals surface area contributed by atoms with Crippen LogP contribution >= 0.6 is 23.2 Å². The van der Waals surface area contributed by atoms with Gasteiger partial charge in [-0.2, -0.15) is 0 Å². The van der Waals surface area contributed by atoms with Crippen LogP contribution < -0.4 is 0 Å². The highest BCUT2D eigenvalue weighted by Gasteiger charge is 2.36. The lowest BCUT2D eigenvalue weighted by atomic mass is 10.2. The fourth-order valence-electron chi connectivity index (χ4n) is 3.70. The lowest BCUT2D eigenvalue weighted by molar-refractivity contribution is -0.134. The van der Waals surface area contributed by atoms with Crippen molar-refractivity contribution in [2.75, 3.05) is 19.7 Å². The molecule has 1 unspecified atom stereocenters.